The van der Waals surface area contributed by atoms with Crippen LogP contribution in [-0.2, 0) is 16.1 Å². The van der Waals surface area contributed by atoms with Crippen molar-refractivity contribution >= 4 is 23.7 Å². The summed E-state index contributed by atoms with van der Waals surface area (Å²) in [6, 6.07) is 13.4. The van der Waals surface area contributed by atoms with E-state index in [0.29, 0.717) is 6.54 Å². The second kappa shape index (κ2) is 9.82. The molecule has 3 rings (SSSR count). The van der Waals surface area contributed by atoms with Crippen molar-refractivity contribution in [2.24, 2.45) is 0 Å². The van der Waals surface area contributed by atoms with E-state index in [0.717, 1.165) is 29.7 Å². The number of amides is 3. The third-order valence-corrected chi connectivity index (χ3v) is 4.83. The quantitative estimate of drug-likeness (QED) is 0.391. The minimum atomic E-state index is -0.719. The van der Waals surface area contributed by atoms with Gasteiger partial charge in [0.05, 0.1) is 23.2 Å². The van der Waals surface area contributed by atoms with Crippen LogP contribution >= 0.6 is 0 Å². The number of hydrogen-bond acceptors (Lipinski definition) is 5. The van der Waals surface area contributed by atoms with Crippen molar-refractivity contribution in [3.63, 3.8) is 0 Å². The molecule has 7 heteroatoms. The number of esters is 1. The standard InChI is InChI=1S/C23H24N2O5/c1-2-3-7-12-24-20(26)15-30-23(29)17-10-11-18-19(13-17)22(28)25(21(18)27)14-16-8-5-4-6-9-16/h4-6,8-11,13H,2-3,7,12,14-15H2,1H3,(H,24,26). The van der Waals surface area contributed by atoms with Gasteiger partial charge < -0.3 is 10.1 Å². The number of carbonyl (C=O) groups excluding carboxylic acids is 4. The minimum Gasteiger partial charge on any atom is -0.452 e. The van der Waals surface area contributed by atoms with Crippen molar-refractivity contribution in [3.05, 3.63) is 70.8 Å². The maximum atomic E-state index is 12.7. The molecule has 156 valence electrons. The van der Waals surface area contributed by atoms with E-state index in [1.165, 1.54) is 18.2 Å². The van der Waals surface area contributed by atoms with E-state index in [-0.39, 0.29) is 29.1 Å². The predicted molar refractivity (Wildman–Crippen MR) is 110 cm³/mol. The molecule has 0 radical (unpaired) electrons. The highest BCUT2D eigenvalue weighted by molar-refractivity contribution is 6.21. The predicted octanol–water partition coefficient (Wildman–Crippen LogP) is 2.95. The Balaban J connectivity index is 1.61. The molecular formula is C23H24N2O5. The summed E-state index contributed by atoms with van der Waals surface area (Å²) in [7, 11) is 0. The molecule has 1 aliphatic rings. The van der Waals surface area contributed by atoms with Gasteiger partial charge in [-0.25, -0.2) is 4.79 Å². The fourth-order valence-electron chi connectivity index (χ4n) is 3.20. The van der Waals surface area contributed by atoms with Gasteiger partial charge in [-0.1, -0.05) is 50.1 Å². The fraction of sp³-hybridized carbons (Fsp3) is 0.304. The highest BCUT2D eigenvalue weighted by Crippen LogP contribution is 2.26. The summed E-state index contributed by atoms with van der Waals surface area (Å²) in [5.41, 5.74) is 1.36. The maximum Gasteiger partial charge on any atom is 0.338 e. The van der Waals surface area contributed by atoms with E-state index in [4.69, 9.17) is 4.74 Å². The summed E-state index contributed by atoms with van der Waals surface area (Å²) >= 11 is 0. The highest BCUT2D eigenvalue weighted by Gasteiger charge is 2.36. The third-order valence-electron chi connectivity index (χ3n) is 4.83. The molecule has 1 heterocycles. The lowest BCUT2D eigenvalue weighted by molar-refractivity contribution is -0.124. The van der Waals surface area contributed by atoms with Gasteiger partial charge in [-0.3, -0.25) is 19.3 Å². The Morgan fingerprint density at radius 1 is 0.967 bits per heavy atom. The lowest BCUT2D eigenvalue weighted by Gasteiger charge is -2.13. The number of carbonyl (C=O) groups is 4. The molecule has 0 atom stereocenters. The second-order valence-corrected chi connectivity index (χ2v) is 7.08. The lowest BCUT2D eigenvalue weighted by atomic mass is 10.1. The number of rotatable bonds is 9. The van der Waals surface area contributed by atoms with Crippen molar-refractivity contribution < 1.29 is 23.9 Å². The molecule has 0 saturated heterocycles. The first-order valence-corrected chi connectivity index (χ1v) is 9.99. The van der Waals surface area contributed by atoms with Gasteiger partial charge in [0.1, 0.15) is 0 Å². The molecule has 2 aromatic rings. The summed E-state index contributed by atoms with van der Waals surface area (Å²) in [6.45, 7) is 2.37. The van der Waals surface area contributed by atoms with Crippen LogP contribution in [0.4, 0.5) is 0 Å². The Morgan fingerprint density at radius 3 is 2.43 bits per heavy atom. The van der Waals surface area contributed by atoms with Crippen molar-refractivity contribution in [1.29, 1.82) is 0 Å². The Kier molecular flexibility index (Phi) is 6.95. The van der Waals surface area contributed by atoms with E-state index in [2.05, 4.69) is 12.2 Å². The number of fused-ring (bicyclic) bond motifs is 1. The van der Waals surface area contributed by atoms with Crippen molar-refractivity contribution in [3.8, 4) is 0 Å². The lowest BCUT2D eigenvalue weighted by Crippen LogP contribution is -2.29. The van der Waals surface area contributed by atoms with Gasteiger partial charge in [-0.05, 0) is 30.2 Å². The van der Waals surface area contributed by atoms with Crippen molar-refractivity contribution in [2.45, 2.75) is 32.7 Å². The molecular weight excluding hydrogens is 384 g/mol. The summed E-state index contributed by atoms with van der Waals surface area (Å²) in [6.07, 6.45) is 2.94. The fourth-order valence-corrected chi connectivity index (χ4v) is 3.20. The number of ether oxygens (including phenoxy) is 1. The van der Waals surface area contributed by atoms with E-state index in [1.807, 2.05) is 30.3 Å². The topological polar surface area (TPSA) is 92.8 Å². The minimum absolute atomic E-state index is 0.121. The molecule has 2 aromatic carbocycles. The van der Waals surface area contributed by atoms with Gasteiger partial charge in [0, 0.05) is 6.54 Å². The number of nitrogens with zero attached hydrogens (tertiary/aromatic N) is 1. The van der Waals surface area contributed by atoms with Crippen LogP contribution < -0.4 is 5.32 Å². The molecule has 0 spiro atoms. The van der Waals surface area contributed by atoms with Gasteiger partial charge in [0.15, 0.2) is 6.61 Å². The zero-order valence-electron chi connectivity index (χ0n) is 16.8. The summed E-state index contributed by atoms with van der Waals surface area (Å²) in [5, 5.41) is 2.69. The molecule has 30 heavy (non-hydrogen) atoms. The maximum absolute atomic E-state index is 12.7. The molecule has 0 aromatic heterocycles. The molecule has 0 bridgehead atoms. The van der Waals surface area contributed by atoms with Gasteiger partial charge >= 0.3 is 5.97 Å². The summed E-state index contributed by atoms with van der Waals surface area (Å²) in [5.74, 6) is -1.95. The van der Waals surface area contributed by atoms with E-state index >= 15 is 0 Å². The number of imide groups is 1. The monoisotopic (exact) mass is 408 g/mol. The molecule has 7 nitrogen and oxygen atoms in total. The second-order valence-electron chi connectivity index (χ2n) is 7.08. The van der Waals surface area contributed by atoms with Crippen LogP contribution in [0, 0.1) is 0 Å². The Hall–Kier alpha value is -3.48. The molecule has 3 amide bonds. The van der Waals surface area contributed by atoms with E-state index in [1.54, 1.807) is 0 Å². The van der Waals surface area contributed by atoms with Crippen LogP contribution in [-0.4, -0.2) is 41.7 Å². The number of benzene rings is 2. The summed E-state index contributed by atoms with van der Waals surface area (Å²) in [4.78, 5) is 50.5. The van der Waals surface area contributed by atoms with Crippen molar-refractivity contribution in [1.82, 2.24) is 10.2 Å². The zero-order valence-corrected chi connectivity index (χ0v) is 16.8. The highest BCUT2D eigenvalue weighted by atomic mass is 16.5. The number of unbranched alkanes of at least 4 members (excludes halogenated alkanes) is 2. The first-order chi connectivity index (χ1) is 14.5. The molecule has 0 unspecified atom stereocenters. The first kappa shape index (κ1) is 21.2. The average Bonchev–Trinajstić information content (AvgIpc) is 3.00. The van der Waals surface area contributed by atoms with Crippen LogP contribution in [0.15, 0.2) is 48.5 Å². The molecule has 1 aliphatic heterocycles. The van der Waals surface area contributed by atoms with Gasteiger partial charge in [-0.2, -0.15) is 0 Å². The third kappa shape index (κ3) is 4.92. The van der Waals surface area contributed by atoms with Crippen LogP contribution in [0.1, 0.15) is 62.8 Å². The van der Waals surface area contributed by atoms with Crippen LogP contribution in [0.5, 0.6) is 0 Å². The van der Waals surface area contributed by atoms with Crippen LogP contribution in [0.2, 0.25) is 0 Å². The van der Waals surface area contributed by atoms with Gasteiger partial charge in [0.2, 0.25) is 0 Å². The number of hydrogen-bond donors (Lipinski definition) is 1. The van der Waals surface area contributed by atoms with Crippen LogP contribution in [0.25, 0.3) is 0 Å². The molecule has 1 N–H and O–H groups in total. The Labute approximate surface area is 175 Å². The van der Waals surface area contributed by atoms with Gasteiger partial charge in [0.25, 0.3) is 17.7 Å². The molecule has 0 aliphatic carbocycles. The van der Waals surface area contributed by atoms with Crippen LogP contribution in [0.3, 0.4) is 0 Å². The van der Waals surface area contributed by atoms with E-state index < -0.39 is 24.4 Å². The van der Waals surface area contributed by atoms with Crippen molar-refractivity contribution in [2.75, 3.05) is 13.2 Å². The van der Waals surface area contributed by atoms with Gasteiger partial charge in [-0.15, -0.1) is 0 Å². The summed E-state index contributed by atoms with van der Waals surface area (Å²) < 4.78 is 5.03. The smallest absolute Gasteiger partial charge is 0.338 e. The Bertz CT molecular complexity index is 955. The first-order valence-electron chi connectivity index (χ1n) is 9.99. The SMILES string of the molecule is CCCCCNC(=O)COC(=O)c1ccc2c(c1)C(=O)N(Cc1ccccc1)C2=O. The molecule has 0 fully saturated rings. The average molecular weight is 408 g/mol. The van der Waals surface area contributed by atoms with E-state index in [9.17, 15) is 19.2 Å². The largest absolute Gasteiger partial charge is 0.452 e. The number of nitrogens with one attached hydrogen (secondary N) is 1. The normalized spacial score (nSPS) is 12.6. The Morgan fingerprint density at radius 2 is 1.70 bits per heavy atom. The zero-order chi connectivity index (χ0) is 21.5. The molecule has 0 saturated carbocycles.